The number of para-hydroxylation sites is 1. The first kappa shape index (κ1) is 16.6. The van der Waals surface area contributed by atoms with Crippen molar-refractivity contribution in [3.8, 4) is 16.8 Å². The van der Waals surface area contributed by atoms with Gasteiger partial charge in [-0.1, -0.05) is 63.9 Å². The van der Waals surface area contributed by atoms with E-state index in [0.717, 1.165) is 26.3 Å². The zero-order valence-corrected chi connectivity index (χ0v) is 16.7. The Labute approximate surface area is 170 Å². The molecule has 1 heterocycles. The molecule has 5 rings (SSSR count). The van der Waals surface area contributed by atoms with Gasteiger partial charge in [0.25, 0.3) is 0 Å². The predicted octanol–water partition coefficient (Wildman–Crippen LogP) is 7.87. The maximum absolute atomic E-state index is 6.20. The van der Waals surface area contributed by atoms with Crippen LogP contribution in [0, 0.1) is 0 Å². The zero-order chi connectivity index (χ0) is 18.4. The SMILES string of the molecule is Clc1cccc(-c2ccc3c(c2)c2cc(Br)ccc2n3-c2ccccc2)c1. The molecule has 0 aliphatic heterocycles. The first-order valence-corrected chi connectivity index (χ1v) is 9.93. The lowest BCUT2D eigenvalue weighted by molar-refractivity contribution is 1.18. The van der Waals surface area contributed by atoms with Crippen molar-refractivity contribution in [3.05, 3.63) is 100 Å². The van der Waals surface area contributed by atoms with Crippen LogP contribution >= 0.6 is 27.5 Å². The van der Waals surface area contributed by atoms with Gasteiger partial charge >= 0.3 is 0 Å². The molecule has 0 bridgehead atoms. The molecule has 0 fully saturated rings. The van der Waals surface area contributed by atoms with E-state index in [4.69, 9.17) is 11.6 Å². The van der Waals surface area contributed by atoms with Crippen LogP contribution in [0.2, 0.25) is 5.02 Å². The normalized spacial score (nSPS) is 11.3. The van der Waals surface area contributed by atoms with E-state index in [-0.39, 0.29) is 0 Å². The van der Waals surface area contributed by atoms with E-state index in [0.29, 0.717) is 0 Å². The minimum atomic E-state index is 0.752. The van der Waals surface area contributed by atoms with Gasteiger partial charge in [0.2, 0.25) is 0 Å². The molecule has 0 aliphatic rings. The average molecular weight is 433 g/mol. The van der Waals surface area contributed by atoms with Crippen molar-refractivity contribution in [3.63, 3.8) is 0 Å². The number of benzene rings is 4. The molecule has 0 saturated heterocycles. The van der Waals surface area contributed by atoms with Gasteiger partial charge in [-0.15, -0.1) is 0 Å². The van der Waals surface area contributed by atoms with Gasteiger partial charge in [0.05, 0.1) is 11.0 Å². The molecular weight excluding hydrogens is 418 g/mol. The van der Waals surface area contributed by atoms with Crippen LogP contribution in [-0.2, 0) is 0 Å². The Balaban J connectivity index is 1.85. The molecule has 4 aromatic carbocycles. The molecule has 0 radical (unpaired) electrons. The summed E-state index contributed by atoms with van der Waals surface area (Å²) in [5, 5.41) is 3.21. The van der Waals surface area contributed by atoms with Crippen LogP contribution in [0.25, 0.3) is 38.6 Å². The summed E-state index contributed by atoms with van der Waals surface area (Å²) in [6, 6.07) is 31.6. The Kier molecular flexibility index (Phi) is 4.04. The maximum atomic E-state index is 6.20. The van der Waals surface area contributed by atoms with Crippen molar-refractivity contribution in [2.75, 3.05) is 0 Å². The number of hydrogen-bond donors (Lipinski definition) is 0. The van der Waals surface area contributed by atoms with Gasteiger partial charge in [0.1, 0.15) is 0 Å². The second-order valence-electron chi connectivity index (χ2n) is 6.57. The van der Waals surface area contributed by atoms with Crippen LogP contribution in [0.15, 0.2) is 95.5 Å². The highest BCUT2D eigenvalue weighted by atomic mass is 79.9. The standard InChI is InChI=1S/C24H15BrClN/c25-18-10-12-24-22(15-18)21-14-17(16-5-4-6-19(26)13-16)9-11-23(21)27(24)20-7-2-1-3-8-20/h1-15H. The third kappa shape index (κ3) is 2.86. The minimum absolute atomic E-state index is 0.752. The topological polar surface area (TPSA) is 4.93 Å². The van der Waals surface area contributed by atoms with E-state index in [1.807, 2.05) is 24.3 Å². The van der Waals surface area contributed by atoms with Gasteiger partial charge < -0.3 is 4.57 Å². The number of rotatable bonds is 2. The third-order valence-corrected chi connectivity index (χ3v) is 5.63. The first-order valence-electron chi connectivity index (χ1n) is 8.76. The highest BCUT2D eigenvalue weighted by Gasteiger charge is 2.13. The van der Waals surface area contributed by atoms with Crippen LogP contribution in [0.4, 0.5) is 0 Å². The third-order valence-electron chi connectivity index (χ3n) is 4.90. The first-order chi connectivity index (χ1) is 13.2. The Bertz CT molecular complexity index is 1290. The van der Waals surface area contributed by atoms with E-state index < -0.39 is 0 Å². The fraction of sp³-hybridized carbons (Fsp3) is 0. The predicted molar refractivity (Wildman–Crippen MR) is 119 cm³/mol. The van der Waals surface area contributed by atoms with Gasteiger partial charge in [0.15, 0.2) is 0 Å². The lowest BCUT2D eigenvalue weighted by atomic mass is 10.0. The molecule has 0 N–H and O–H groups in total. The van der Waals surface area contributed by atoms with E-state index >= 15 is 0 Å². The quantitative estimate of drug-likeness (QED) is 0.267. The monoisotopic (exact) mass is 431 g/mol. The van der Waals surface area contributed by atoms with E-state index in [1.165, 1.54) is 21.8 Å². The van der Waals surface area contributed by atoms with E-state index in [2.05, 4.69) is 87.2 Å². The maximum Gasteiger partial charge on any atom is 0.0541 e. The molecule has 130 valence electrons. The summed E-state index contributed by atoms with van der Waals surface area (Å²) in [6.07, 6.45) is 0. The molecule has 0 saturated carbocycles. The van der Waals surface area contributed by atoms with Gasteiger partial charge in [-0.2, -0.15) is 0 Å². The Morgan fingerprint density at radius 1 is 0.630 bits per heavy atom. The second-order valence-corrected chi connectivity index (χ2v) is 7.93. The van der Waals surface area contributed by atoms with Crippen LogP contribution < -0.4 is 0 Å². The summed E-state index contributed by atoms with van der Waals surface area (Å²) in [5.41, 5.74) is 5.84. The highest BCUT2D eigenvalue weighted by molar-refractivity contribution is 9.10. The van der Waals surface area contributed by atoms with Gasteiger partial charge in [-0.25, -0.2) is 0 Å². The summed E-state index contributed by atoms with van der Waals surface area (Å²) in [4.78, 5) is 0. The molecule has 5 aromatic rings. The summed E-state index contributed by atoms with van der Waals surface area (Å²) in [6.45, 7) is 0. The summed E-state index contributed by atoms with van der Waals surface area (Å²) < 4.78 is 3.40. The number of aromatic nitrogens is 1. The van der Waals surface area contributed by atoms with Crippen molar-refractivity contribution < 1.29 is 0 Å². The largest absolute Gasteiger partial charge is 0.309 e. The molecule has 0 unspecified atom stereocenters. The second kappa shape index (κ2) is 6.56. The molecule has 27 heavy (non-hydrogen) atoms. The van der Waals surface area contributed by atoms with Crippen molar-refractivity contribution >= 4 is 49.3 Å². The van der Waals surface area contributed by atoms with Crippen molar-refractivity contribution in [2.45, 2.75) is 0 Å². The van der Waals surface area contributed by atoms with E-state index in [1.54, 1.807) is 0 Å². The number of nitrogens with zero attached hydrogens (tertiary/aromatic N) is 1. The number of fused-ring (bicyclic) bond motifs is 3. The Hall–Kier alpha value is -2.55. The molecular formula is C24H15BrClN. The highest BCUT2D eigenvalue weighted by Crippen LogP contribution is 2.36. The minimum Gasteiger partial charge on any atom is -0.309 e. The van der Waals surface area contributed by atoms with Crippen LogP contribution in [0.5, 0.6) is 0 Å². The molecule has 1 aromatic heterocycles. The lowest BCUT2D eigenvalue weighted by Gasteiger charge is -2.08. The molecule has 0 amide bonds. The number of hydrogen-bond acceptors (Lipinski definition) is 0. The summed E-state index contributed by atoms with van der Waals surface area (Å²) in [5.74, 6) is 0. The fourth-order valence-corrected chi connectivity index (χ4v) is 4.25. The summed E-state index contributed by atoms with van der Waals surface area (Å²) in [7, 11) is 0. The van der Waals surface area contributed by atoms with Crippen LogP contribution in [-0.4, -0.2) is 4.57 Å². The molecule has 0 atom stereocenters. The zero-order valence-electron chi connectivity index (χ0n) is 14.4. The van der Waals surface area contributed by atoms with Crippen LogP contribution in [0.3, 0.4) is 0 Å². The van der Waals surface area contributed by atoms with Gasteiger partial charge in [-0.05, 0) is 65.7 Å². The van der Waals surface area contributed by atoms with Gasteiger partial charge in [0, 0.05) is 26.0 Å². The van der Waals surface area contributed by atoms with Crippen molar-refractivity contribution in [1.29, 1.82) is 0 Å². The summed E-state index contributed by atoms with van der Waals surface area (Å²) >= 11 is 9.83. The molecule has 3 heteroatoms. The van der Waals surface area contributed by atoms with E-state index in [9.17, 15) is 0 Å². The Morgan fingerprint density at radius 3 is 2.11 bits per heavy atom. The molecule has 1 nitrogen and oxygen atoms in total. The van der Waals surface area contributed by atoms with Crippen molar-refractivity contribution in [1.82, 2.24) is 4.57 Å². The fourth-order valence-electron chi connectivity index (χ4n) is 3.70. The number of halogens is 2. The average Bonchev–Trinajstić information content (AvgIpc) is 3.01. The van der Waals surface area contributed by atoms with Crippen molar-refractivity contribution in [2.24, 2.45) is 0 Å². The molecule has 0 spiro atoms. The smallest absolute Gasteiger partial charge is 0.0541 e. The van der Waals surface area contributed by atoms with Gasteiger partial charge in [-0.3, -0.25) is 0 Å². The van der Waals surface area contributed by atoms with Crippen LogP contribution in [0.1, 0.15) is 0 Å². The molecule has 0 aliphatic carbocycles. The lowest BCUT2D eigenvalue weighted by Crippen LogP contribution is -1.92. The Morgan fingerprint density at radius 2 is 1.33 bits per heavy atom.